The first kappa shape index (κ1) is 17.5. The van der Waals surface area contributed by atoms with Gasteiger partial charge in [-0.25, -0.2) is 0 Å². The summed E-state index contributed by atoms with van der Waals surface area (Å²) in [5.41, 5.74) is 1.03. The van der Waals surface area contributed by atoms with Crippen LogP contribution in [0.4, 0.5) is 8.78 Å². The SMILES string of the molecule is CCOc1cc(C=CC(=O)c2ccc(O)cc2)ccc1OC(F)F. The van der Waals surface area contributed by atoms with Crippen LogP contribution in [-0.2, 0) is 0 Å². The van der Waals surface area contributed by atoms with E-state index in [9.17, 15) is 18.7 Å². The fourth-order valence-electron chi connectivity index (χ4n) is 1.98. The highest BCUT2D eigenvalue weighted by Gasteiger charge is 2.11. The Balaban J connectivity index is 2.17. The van der Waals surface area contributed by atoms with Gasteiger partial charge in [-0.1, -0.05) is 12.1 Å². The van der Waals surface area contributed by atoms with Crippen LogP contribution in [0.1, 0.15) is 22.8 Å². The number of aromatic hydroxyl groups is 1. The number of benzene rings is 2. The molecule has 0 saturated carbocycles. The van der Waals surface area contributed by atoms with Gasteiger partial charge in [-0.2, -0.15) is 8.78 Å². The number of allylic oxidation sites excluding steroid dienone is 1. The Morgan fingerprint density at radius 3 is 2.50 bits per heavy atom. The third-order valence-electron chi connectivity index (χ3n) is 3.06. The van der Waals surface area contributed by atoms with Crippen molar-refractivity contribution in [2.75, 3.05) is 6.61 Å². The molecular formula is C18H16F2O4. The van der Waals surface area contributed by atoms with Crippen molar-refractivity contribution in [3.63, 3.8) is 0 Å². The maximum Gasteiger partial charge on any atom is 0.387 e. The molecule has 2 aromatic carbocycles. The average Bonchev–Trinajstić information content (AvgIpc) is 2.55. The summed E-state index contributed by atoms with van der Waals surface area (Å²) < 4.78 is 34.4. The Labute approximate surface area is 138 Å². The zero-order chi connectivity index (χ0) is 17.5. The van der Waals surface area contributed by atoms with E-state index < -0.39 is 6.61 Å². The second-order valence-electron chi connectivity index (χ2n) is 4.76. The maximum absolute atomic E-state index is 12.4. The van der Waals surface area contributed by atoms with Crippen LogP contribution < -0.4 is 9.47 Å². The van der Waals surface area contributed by atoms with Crippen LogP contribution in [0.25, 0.3) is 6.08 Å². The number of ether oxygens (including phenoxy) is 2. The molecule has 2 aromatic rings. The van der Waals surface area contributed by atoms with Crippen LogP contribution in [0, 0.1) is 0 Å². The largest absolute Gasteiger partial charge is 0.508 e. The van der Waals surface area contributed by atoms with E-state index in [1.54, 1.807) is 19.1 Å². The van der Waals surface area contributed by atoms with Gasteiger partial charge in [-0.3, -0.25) is 4.79 Å². The summed E-state index contributed by atoms with van der Waals surface area (Å²) >= 11 is 0. The van der Waals surface area contributed by atoms with Crippen LogP contribution in [0.2, 0.25) is 0 Å². The number of rotatable bonds is 7. The molecule has 0 atom stereocenters. The quantitative estimate of drug-likeness (QED) is 0.606. The van der Waals surface area contributed by atoms with Crippen molar-refractivity contribution in [2.45, 2.75) is 13.5 Å². The number of carbonyl (C=O) groups excluding carboxylic acids is 1. The molecule has 4 nitrogen and oxygen atoms in total. The topological polar surface area (TPSA) is 55.8 Å². The number of hydrogen-bond donors (Lipinski definition) is 1. The van der Waals surface area contributed by atoms with Gasteiger partial charge in [-0.15, -0.1) is 0 Å². The molecule has 0 aromatic heterocycles. The van der Waals surface area contributed by atoms with Crippen molar-refractivity contribution in [1.82, 2.24) is 0 Å². The predicted octanol–water partition coefficient (Wildman–Crippen LogP) is 4.29. The van der Waals surface area contributed by atoms with E-state index >= 15 is 0 Å². The van der Waals surface area contributed by atoms with Crippen LogP contribution in [0.3, 0.4) is 0 Å². The Kier molecular flexibility index (Phi) is 5.89. The third kappa shape index (κ3) is 4.81. The molecule has 0 spiro atoms. The first-order valence-corrected chi connectivity index (χ1v) is 7.22. The summed E-state index contributed by atoms with van der Waals surface area (Å²) in [5, 5.41) is 9.21. The standard InChI is InChI=1S/C18H16F2O4/c1-2-23-17-11-12(4-10-16(17)24-18(19)20)3-9-15(22)13-5-7-14(21)8-6-13/h3-11,18,21H,2H2,1H3. The molecule has 2 rings (SSSR count). The number of phenols is 1. The van der Waals surface area contributed by atoms with E-state index in [-0.39, 0.29) is 23.0 Å². The molecule has 0 heterocycles. The van der Waals surface area contributed by atoms with Gasteiger partial charge in [0.05, 0.1) is 6.61 Å². The lowest BCUT2D eigenvalue weighted by atomic mass is 10.1. The molecule has 24 heavy (non-hydrogen) atoms. The summed E-state index contributed by atoms with van der Waals surface area (Å²) in [6.45, 7) is -0.927. The minimum atomic E-state index is -2.94. The minimum absolute atomic E-state index is 0.0612. The fourth-order valence-corrected chi connectivity index (χ4v) is 1.98. The number of hydrogen-bond acceptors (Lipinski definition) is 4. The van der Waals surface area contributed by atoms with Crippen molar-refractivity contribution in [2.24, 2.45) is 0 Å². The van der Waals surface area contributed by atoms with Crippen molar-refractivity contribution >= 4 is 11.9 Å². The number of ketones is 1. The number of alkyl halides is 2. The summed E-state index contributed by atoms with van der Waals surface area (Å²) in [4.78, 5) is 12.0. The Hall–Kier alpha value is -2.89. The number of carbonyl (C=O) groups is 1. The van der Waals surface area contributed by atoms with Gasteiger partial charge in [0.1, 0.15) is 5.75 Å². The second kappa shape index (κ2) is 8.10. The van der Waals surface area contributed by atoms with Gasteiger partial charge in [-0.05, 0) is 55.0 Å². The van der Waals surface area contributed by atoms with Crippen LogP contribution in [0.5, 0.6) is 17.2 Å². The molecular weight excluding hydrogens is 318 g/mol. The Morgan fingerprint density at radius 2 is 1.88 bits per heavy atom. The molecule has 0 unspecified atom stereocenters. The first-order valence-electron chi connectivity index (χ1n) is 7.22. The van der Waals surface area contributed by atoms with Gasteiger partial charge in [0, 0.05) is 5.56 Å². The van der Waals surface area contributed by atoms with Gasteiger partial charge in [0.15, 0.2) is 17.3 Å². The van der Waals surface area contributed by atoms with E-state index in [4.69, 9.17) is 4.74 Å². The van der Waals surface area contributed by atoms with E-state index in [0.717, 1.165) is 0 Å². The van der Waals surface area contributed by atoms with Gasteiger partial charge in [0.25, 0.3) is 0 Å². The van der Waals surface area contributed by atoms with Gasteiger partial charge in [0.2, 0.25) is 0 Å². The molecule has 0 fully saturated rings. The van der Waals surface area contributed by atoms with Crippen molar-refractivity contribution in [3.8, 4) is 17.2 Å². The molecule has 0 amide bonds. The third-order valence-corrected chi connectivity index (χ3v) is 3.06. The highest BCUT2D eigenvalue weighted by Crippen LogP contribution is 2.30. The monoisotopic (exact) mass is 334 g/mol. The molecule has 0 aliphatic carbocycles. The fraction of sp³-hybridized carbons (Fsp3) is 0.167. The summed E-state index contributed by atoms with van der Waals surface area (Å²) in [6.07, 6.45) is 2.90. The van der Waals surface area contributed by atoms with Crippen LogP contribution >= 0.6 is 0 Å². The molecule has 0 aliphatic heterocycles. The van der Waals surface area contributed by atoms with E-state index in [0.29, 0.717) is 17.7 Å². The lowest BCUT2D eigenvalue weighted by molar-refractivity contribution is -0.0514. The second-order valence-corrected chi connectivity index (χ2v) is 4.76. The van der Waals surface area contributed by atoms with Crippen molar-refractivity contribution in [3.05, 3.63) is 59.7 Å². The molecule has 0 radical (unpaired) electrons. The lowest BCUT2D eigenvalue weighted by Crippen LogP contribution is -2.04. The highest BCUT2D eigenvalue weighted by atomic mass is 19.3. The average molecular weight is 334 g/mol. The number of phenolic OH excluding ortho intramolecular Hbond substituents is 1. The maximum atomic E-state index is 12.4. The van der Waals surface area contributed by atoms with Crippen molar-refractivity contribution < 1.29 is 28.2 Å². The van der Waals surface area contributed by atoms with Crippen LogP contribution in [0.15, 0.2) is 48.5 Å². The smallest absolute Gasteiger partial charge is 0.387 e. The first-order chi connectivity index (χ1) is 11.5. The summed E-state index contributed by atoms with van der Waals surface area (Å²) in [7, 11) is 0. The molecule has 126 valence electrons. The van der Waals surface area contributed by atoms with Gasteiger partial charge >= 0.3 is 6.61 Å². The minimum Gasteiger partial charge on any atom is -0.508 e. The summed E-state index contributed by atoms with van der Waals surface area (Å²) in [6, 6.07) is 10.3. The van der Waals surface area contributed by atoms with E-state index in [1.165, 1.54) is 42.5 Å². The summed E-state index contributed by atoms with van der Waals surface area (Å²) in [5.74, 6) is -0.0572. The Bertz CT molecular complexity index is 724. The Morgan fingerprint density at radius 1 is 1.17 bits per heavy atom. The predicted molar refractivity (Wildman–Crippen MR) is 85.7 cm³/mol. The highest BCUT2D eigenvalue weighted by molar-refractivity contribution is 6.06. The van der Waals surface area contributed by atoms with Gasteiger partial charge < -0.3 is 14.6 Å². The normalized spacial score (nSPS) is 11.0. The zero-order valence-electron chi connectivity index (χ0n) is 12.9. The number of halogens is 2. The molecule has 0 saturated heterocycles. The lowest BCUT2D eigenvalue weighted by Gasteiger charge is -2.11. The van der Waals surface area contributed by atoms with Crippen LogP contribution in [-0.4, -0.2) is 24.1 Å². The van der Waals surface area contributed by atoms with E-state index in [2.05, 4.69) is 4.74 Å². The molecule has 6 heteroatoms. The zero-order valence-corrected chi connectivity index (χ0v) is 12.9. The van der Waals surface area contributed by atoms with Crippen molar-refractivity contribution in [1.29, 1.82) is 0 Å². The molecule has 1 N–H and O–H groups in total. The molecule has 0 aliphatic rings. The van der Waals surface area contributed by atoms with E-state index in [1.807, 2.05) is 0 Å². The molecule has 0 bridgehead atoms.